The molecule has 2 aromatic heterocycles. The minimum atomic E-state index is -0.248. The lowest BCUT2D eigenvalue weighted by atomic mass is 9.78. The molecule has 3 heterocycles. The van der Waals surface area contributed by atoms with Crippen LogP contribution in [-0.4, -0.2) is 16.2 Å². The van der Waals surface area contributed by atoms with Crippen LogP contribution in [0.15, 0.2) is 170 Å². The Labute approximate surface area is 448 Å². The van der Waals surface area contributed by atoms with Crippen LogP contribution in [0.25, 0.3) is 27.6 Å². The molecular formula is C70H78N4O. The fourth-order valence-corrected chi connectivity index (χ4v) is 10.8. The minimum Gasteiger partial charge on any atom is -0.457 e. The van der Waals surface area contributed by atoms with Crippen molar-refractivity contribution in [3.8, 4) is 17.3 Å². The highest BCUT2D eigenvalue weighted by molar-refractivity contribution is 6.10. The first-order valence-electron chi connectivity index (χ1n) is 27.0. The van der Waals surface area contributed by atoms with Crippen LogP contribution in [0.1, 0.15) is 155 Å². The number of benzene rings is 7. The monoisotopic (exact) mass is 991 g/mol. The molecule has 9 aromatic rings. The summed E-state index contributed by atoms with van der Waals surface area (Å²) in [5, 5.41) is 2.33. The lowest BCUT2D eigenvalue weighted by Crippen LogP contribution is -2.26. The summed E-state index contributed by atoms with van der Waals surface area (Å²) in [6.07, 6.45) is 1.96. The normalized spacial score (nSPS) is 13.8. The Bertz CT molecular complexity index is 3560. The quantitative estimate of drug-likeness (QED) is 0.144. The highest BCUT2D eigenvalue weighted by atomic mass is 16.5. The van der Waals surface area contributed by atoms with Gasteiger partial charge in [0.05, 0.1) is 22.4 Å². The van der Waals surface area contributed by atoms with Crippen molar-refractivity contribution in [2.24, 2.45) is 0 Å². The number of hydrogen-bond donors (Lipinski definition) is 0. The van der Waals surface area contributed by atoms with Gasteiger partial charge in [-0.3, -0.25) is 4.57 Å². The summed E-state index contributed by atoms with van der Waals surface area (Å²) >= 11 is 0. The van der Waals surface area contributed by atoms with Crippen molar-refractivity contribution < 1.29 is 4.74 Å². The van der Waals surface area contributed by atoms with Gasteiger partial charge in [0.2, 0.25) is 0 Å². The molecule has 0 spiro atoms. The first kappa shape index (κ1) is 51.4. The molecule has 0 unspecified atom stereocenters. The van der Waals surface area contributed by atoms with Crippen LogP contribution in [0, 0.1) is 0 Å². The van der Waals surface area contributed by atoms with Crippen molar-refractivity contribution in [1.82, 2.24) is 9.55 Å². The van der Waals surface area contributed by atoms with Gasteiger partial charge in [-0.25, -0.2) is 4.98 Å². The number of pyridine rings is 1. The Balaban J connectivity index is 1.11. The fraction of sp³-hybridized carbons (Fsp3) is 0.329. The topological polar surface area (TPSA) is 33.5 Å². The van der Waals surface area contributed by atoms with E-state index in [1.807, 2.05) is 6.20 Å². The third-order valence-corrected chi connectivity index (χ3v) is 16.1. The van der Waals surface area contributed by atoms with Gasteiger partial charge < -0.3 is 14.5 Å². The molecular weight excluding hydrogens is 913 g/mol. The molecule has 1 aliphatic heterocycles. The Kier molecular flexibility index (Phi) is 12.6. The van der Waals surface area contributed by atoms with Crippen LogP contribution in [0.5, 0.6) is 11.5 Å². The van der Waals surface area contributed by atoms with E-state index in [-0.39, 0.29) is 32.5 Å². The lowest BCUT2D eigenvalue weighted by molar-refractivity contribution is 0.479. The summed E-state index contributed by atoms with van der Waals surface area (Å²) in [6, 6.07) is 60.8. The number of anilines is 4. The Morgan fingerprint density at radius 3 is 1.45 bits per heavy atom. The van der Waals surface area contributed by atoms with E-state index in [0.717, 1.165) is 39.4 Å². The second kappa shape index (κ2) is 18.3. The molecule has 7 aromatic carbocycles. The molecule has 384 valence electrons. The predicted molar refractivity (Wildman–Crippen MR) is 319 cm³/mol. The van der Waals surface area contributed by atoms with E-state index in [2.05, 4.69) is 289 Å². The van der Waals surface area contributed by atoms with Gasteiger partial charge in [-0.2, -0.15) is 0 Å². The highest BCUT2D eigenvalue weighted by Gasteiger charge is 2.34. The standard InChI is InChI=1S/C70H78N4O/c1-65(2,3)48-27-32-61-63(41-48)73(45-72(61)54-36-51(66(4,5)6)35-52(37-54)67(7,8)9)55-38-53(68(10,11)12)39-57(43-55)75-56-29-30-58-59-40-49(69(13,14)46-23-19-17-20-24-46)28-31-60(59)74(62(58)44-56)64-42-50(33-34-71-64)70(15,16)47-25-21-18-22-26-47/h17-44H,45H2,1-16H3. The van der Waals surface area contributed by atoms with Crippen molar-refractivity contribution in [2.45, 2.75) is 143 Å². The molecule has 75 heavy (non-hydrogen) atoms. The Hall–Kier alpha value is -7.11. The number of nitrogens with zero attached hydrogens (tertiary/aromatic N) is 4. The van der Waals surface area contributed by atoms with Crippen LogP contribution in [0.4, 0.5) is 22.7 Å². The van der Waals surface area contributed by atoms with Crippen LogP contribution in [-0.2, 0) is 32.5 Å². The Morgan fingerprint density at radius 1 is 0.360 bits per heavy atom. The van der Waals surface area contributed by atoms with Crippen molar-refractivity contribution in [3.05, 3.63) is 214 Å². The molecule has 0 amide bonds. The molecule has 10 rings (SSSR count). The summed E-state index contributed by atoms with van der Waals surface area (Å²) in [7, 11) is 0. The van der Waals surface area contributed by atoms with Crippen LogP contribution >= 0.6 is 0 Å². The van der Waals surface area contributed by atoms with Gasteiger partial charge in [-0.05, 0) is 139 Å². The molecule has 5 nitrogen and oxygen atoms in total. The fourth-order valence-electron chi connectivity index (χ4n) is 10.8. The molecule has 0 radical (unpaired) electrons. The third kappa shape index (κ3) is 9.76. The van der Waals surface area contributed by atoms with E-state index in [1.165, 1.54) is 67.0 Å². The van der Waals surface area contributed by atoms with Crippen molar-refractivity contribution >= 4 is 44.6 Å². The first-order valence-corrected chi connectivity index (χ1v) is 27.0. The van der Waals surface area contributed by atoms with E-state index >= 15 is 0 Å². The highest BCUT2D eigenvalue weighted by Crippen LogP contribution is 2.49. The van der Waals surface area contributed by atoms with Gasteiger partial charge >= 0.3 is 0 Å². The van der Waals surface area contributed by atoms with E-state index < -0.39 is 0 Å². The number of hydrogen-bond acceptors (Lipinski definition) is 4. The molecule has 5 heteroatoms. The smallest absolute Gasteiger partial charge is 0.137 e. The molecule has 0 saturated heterocycles. The molecule has 0 saturated carbocycles. The van der Waals surface area contributed by atoms with Gasteiger partial charge in [0, 0.05) is 51.3 Å². The lowest BCUT2D eigenvalue weighted by Gasteiger charge is -2.29. The van der Waals surface area contributed by atoms with Crippen LogP contribution in [0.3, 0.4) is 0 Å². The second-order valence-electron chi connectivity index (χ2n) is 26.4. The minimum absolute atomic E-state index is 0.0128. The average molecular weight is 991 g/mol. The number of aromatic nitrogens is 2. The number of ether oxygens (including phenoxy) is 1. The molecule has 0 N–H and O–H groups in total. The van der Waals surface area contributed by atoms with Gasteiger partial charge in [-0.1, -0.05) is 190 Å². The maximum atomic E-state index is 7.19. The van der Waals surface area contributed by atoms with E-state index in [9.17, 15) is 0 Å². The Morgan fingerprint density at radius 2 is 0.880 bits per heavy atom. The number of rotatable bonds is 9. The maximum Gasteiger partial charge on any atom is 0.137 e. The van der Waals surface area contributed by atoms with Crippen molar-refractivity contribution in [1.29, 1.82) is 0 Å². The zero-order valence-corrected chi connectivity index (χ0v) is 47.6. The maximum absolute atomic E-state index is 7.19. The third-order valence-electron chi connectivity index (χ3n) is 16.1. The summed E-state index contributed by atoms with van der Waals surface area (Å²) in [4.78, 5) is 10.1. The van der Waals surface area contributed by atoms with E-state index in [4.69, 9.17) is 9.72 Å². The number of fused-ring (bicyclic) bond motifs is 4. The van der Waals surface area contributed by atoms with Crippen molar-refractivity contribution in [2.75, 3.05) is 16.5 Å². The molecule has 0 bridgehead atoms. The molecule has 0 fully saturated rings. The van der Waals surface area contributed by atoms with Gasteiger partial charge in [0.15, 0.2) is 0 Å². The van der Waals surface area contributed by atoms with Gasteiger partial charge in [-0.15, -0.1) is 0 Å². The summed E-state index contributed by atoms with van der Waals surface area (Å²) in [6.45, 7) is 37.6. The van der Waals surface area contributed by atoms with Crippen molar-refractivity contribution in [3.63, 3.8) is 0 Å². The van der Waals surface area contributed by atoms with Gasteiger partial charge in [0.1, 0.15) is 24.0 Å². The predicted octanol–water partition coefficient (Wildman–Crippen LogP) is 19.1. The average Bonchev–Trinajstić information content (AvgIpc) is 3.92. The largest absolute Gasteiger partial charge is 0.457 e. The molecule has 0 aliphatic carbocycles. The van der Waals surface area contributed by atoms with E-state index in [1.54, 1.807) is 0 Å². The first-order chi connectivity index (χ1) is 35.2. The molecule has 0 atom stereocenters. The zero-order chi connectivity index (χ0) is 53.6. The van der Waals surface area contributed by atoms with Crippen LogP contribution < -0.4 is 14.5 Å². The summed E-state index contributed by atoms with van der Waals surface area (Å²) < 4.78 is 9.52. The van der Waals surface area contributed by atoms with Gasteiger partial charge in [0.25, 0.3) is 0 Å². The summed E-state index contributed by atoms with van der Waals surface area (Å²) in [5.74, 6) is 2.43. The SMILES string of the molecule is CC(C)(C)c1cc(Oc2ccc3c4cc(C(C)(C)c5ccccc5)ccc4n(-c4cc(C(C)(C)c5ccccc5)ccn4)c3c2)cc(N2CN(c3cc(C(C)(C)C)cc(C(C)(C)C)c3)c3ccc(C(C)(C)C)cc32)c1. The molecule has 1 aliphatic rings. The van der Waals surface area contributed by atoms with E-state index in [0.29, 0.717) is 6.67 Å². The van der Waals surface area contributed by atoms with Crippen LogP contribution in [0.2, 0.25) is 0 Å². The summed E-state index contributed by atoms with van der Waals surface area (Å²) in [5.41, 5.74) is 16.4. The second-order valence-corrected chi connectivity index (χ2v) is 26.4. The zero-order valence-electron chi connectivity index (χ0n) is 47.6.